The molecule has 0 atom stereocenters. The summed E-state index contributed by atoms with van der Waals surface area (Å²) in [5.41, 5.74) is 2.13. The van der Waals surface area contributed by atoms with Crippen LogP contribution in [0.3, 0.4) is 0 Å². The van der Waals surface area contributed by atoms with Gasteiger partial charge in [0.15, 0.2) is 0 Å². The molecular formula is C22H21ClN2O4S. The average Bonchev–Trinajstić information content (AvgIpc) is 2.73. The fraction of sp³-hybridized carbons (Fsp3) is 0.136. The number of amides is 1. The zero-order valence-electron chi connectivity index (χ0n) is 16.7. The van der Waals surface area contributed by atoms with E-state index in [1.807, 2.05) is 6.92 Å². The number of nitrogens with one attached hydrogen (secondary N) is 1. The summed E-state index contributed by atoms with van der Waals surface area (Å²) in [6, 6.07) is 18.0. The van der Waals surface area contributed by atoms with Gasteiger partial charge >= 0.3 is 0 Å². The second-order valence-corrected chi connectivity index (χ2v) is 9.01. The number of hydrogen-bond donors (Lipinski definition) is 1. The average molecular weight is 445 g/mol. The molecule has 156 valence electrons. The Labute approximate surface area is 181 Å². The van der Waals surface area contributed by atoms with Crippen LogP contribution in [-0.2, 0) is 10.0 Å². The Bertz CT molecular complexity index is 1160. The quantitative estimate of drug-likeness (QED) is 0.596. The zero-order chi connectivity index (χ0) is 21.9. The van der Waals surface area contributed by atoms with Crippen LogP contribution in [0.5, 0.6) is 5.75 Å². The van der Waals surface area contributed by atoms with Gasteiger partial charge in [0, 0.05) is 12.7 Å². The maximum atomic E-state index is 12.9. The third-order valence-corrected chi connectivity index (χ3v) is 6.70. The maximum absolute atomic E-state index is 12.9. The number of hydrogen-bond acceptors (Lipinski definition) is 4. The van der Waals surface area contributed by atoms with Crippen LogP contribution in [0.2, 0.25) is 5.02 Å². The molecule has 0 fully saturated rings. The van der Waals surface area contributed by atoms with Crippen molar-refractivity contribution in [2.24, 2.45) is 0 Å². The number of benzene rings is 3. The Morgan fingerprint density at radius 2 is 1.63 bits per heavy atom. The summed E-state index contributed by atoms with van der Waals surface area (Å²) in [6.07, 6.45) is 0. The summed E-state index contributed by atoms with van der Waals surface area (Å²) in [4.78, 5) is 12.7. The number of carbonyl (C=O) groups is 1. The summed E-state index contributed by atoms with van der Waals surface area (Å²) >= 11 is 6.30. The number of anilines is 2. The number of carbonyl (C=O) groups excluding carboxylic acids is 1. The summed E-state index contributed by atoms with van der Waals surface area (Å²) < 4.78 is 31.9. The van der Waals surface area contributed by atoms with Gasteiger partial charge in [-0.2, -0.15) is 0 Å². The number of methoxy groups -OCH3 is 1. The Morgan fingerprint density at radius 3 is 2.20 bits per heavy atom. The molecule has 0 aliphatic heterocycles. The van der Waals surface area contributed by atoms with Crippen molar-refractivity contribution in [1.82, 2.24) is 0 Å². The van der Waals surface area contributed by atoms with Crippen LogP contribution in [0, 0.1) is 6.92 Å². The standard InChI is InChI=1S/C22H21ClN2O4S/c1-15-4-11-19(12-5-15)30(27,28)25(2)17-8-13-20(21(23)14-17)22(26)24-16-6-9-18(29-3)10-7-16/h4-14H,1-3H3,(H,24,26). The topological polar surface area (TPSA) is 75.7 Å². The van der Waals surface area contributed by atoms with E-state index in [9.17, 15) is 13.2 Å². The van der Waals surface area contributed by atoms with Crippen LogP contribution in [-0.4, -0.2) is 28.5 Å². The zero-order valence-corrected chi connectivity index (χ0v) is 18.3. The first-order chi connectivity index (χ1) is 14.2. The van der Waals surface area contributed by atoms with Crippen molar-refractivity contribution in [2.75, 3.05) is 23.8 Å². The van der Waals surface area contributed by atoms with E-state index in [1.165, 1.54) is 19.2 Å². The van der Waals surface area contributed by atoms with E-state index in [-0.39, 0.29) is 15.5 Å². The van der Waals surface area contributed by atoms with Gasteiger partial charge in [-0.1, -0.05) is 29.3 Å². The Balaban J connectivity index is 1.81. The summed E-state index contributed by atoms with van der Waals surface area (Å²) in [5.74, 6) is 0.272. The van der Waals surface area contributed by atoms with Crippen LogP contribution >= 0.6 is 11.6 Å². The molecule has 0 aliphatic carbocycles. The first-order valence-electron chi connectivity index (χ1n) is 9.03. The maximum Gasteiger partial charge on any atom is 0.264 e. The van der Waals surface area contributed by atoms with E-state index < -0.39 is 15.9 Å². The molecule has 0 spiro atoms. The molecule has 3 rings (SSSR count). The monoisotopic (exact) mass is 444 g/mol. The second kappa shape index (κ2) is 8.77. The fourth-order valence-corrected chi connectivity index (χ4v) is 4.21. The lowest BCUT2D eigenvalue weighted by Gasteiger charge is -2.20. The van der Waals surface area contributed by atoms with E-state index in [0.29, 0.717) is 17.1 Å². The van der Waals surface area contributed by atoms with Crippen LogP contribution in [0.15, 0.2) is 71.6 Å². The van der Waals surface area contributed by atoms with E-state index in [0.717, 1.165) is 9.87 Å². The van der Waals surface area contributed by atoms with E-state index in [4.69, 9.17) is 16.3 Å². The van der Waals surface area contributed by atoms with Gasteiger partial charge in [-0.05, 0) is 61.5 Å². The lowest BCUT2D eigenvalue weighted by Crippen LogP contribution is -2.26. The van der Waals surface area contributed by atoms with Gasteiger partial charge in [0.25, 0.3) is 15.9 Å². The number of aryl methyl sites for hydroxylation is 1. The molecule has 1 N–H and O–H groups in total. The molecule has 0 aliphatic rings. The Hall–Kier alpha value is -3.03. The highest BCUT2D eigenvalue weighted by Gasteiger charge is 2.22. The van der Waals surface area contributed by atoms with Crippen LogP contribution < -0.4 is 14.4 Å². The predicted octanol–water partition coefficient (Wildman–Crippen LogP) is 4.73. The lowest BCUT2D eigenvalue weighted by atomic mass is 10.2. The molecule has 0 saturated carbocycles. The second-order valence-electron chi connectivity index (χ2n) is 6.63. The van der Waals surface area contributed by atoms with Crippen molar-refractivity contribution in [3.8, 4) is 5.75 Å². The van der Waals surface area contributed by atoms with Gasteiger partial charge in [0.05, 0.1) is 28.3 Å². The minimum absolute atomic E-state index is 0.143. The molecule has 0 heterocycles. The Morgan fingerprint density at radius 1 is 1.00 bits per heavy atom. The van der Waals surface area contributed by atoms with Crippen molar-refractivity contribution in [3.63, 3.8) is 0 Å². The number of halogens is 1. The fourth-order valence-electron chi connectivity index (χ4n) is 2.76. The summed E-state index contributed by atoms with van der Waals surface area (Å²) in [6.45, 7) is 1.88. The lowest BCUT2D eigenvalue weighted by molar-refractivity contribution is 0.102. The minimum Gasteiger partial charge on any atom is -0.497 e. The SMILES string of the molecule is COc1ccc(NC(=O)c2ccc(N(C)S(=O)(=O)c3ccc(C)cc3)cc2Cl)cc1. The van der Waals surface area contributed by atoms with E-state index in [1.54, 1.807) is 61.7 Å². The molecule has 0 aromatic heterocycles. The summed E-state index contributed by atoms with van der Waals surface area (Å²) in [5, 5.41) is 2.89. The van der Waals surface area contributed by atoms with Crippen LogP contribution in [0.25, 0.3) is 0 Å². The molecule has 0 bridgehead atoms. The molecule has 0 radical (unpaired) electrons. The van der Waals surface area contributed by atoms with Crippen molar-refractivity contribution in [2.45, 2.75) is 11.8 Å². The number of ether oxygens (including phenoxy) is 1. The van der Waals surface area contributed by atoms with Gasteiger partial charge in [-0.25, -0.2) is 8.42 Å². The highest BCUT2D eigenvalue weighted by atomic mass is 35.5. The van der Waals surface area contributed by atoms with Gasteiger partial charge in [-0.3, -0.25) is 9.10 Å². The molecule has 6 nitrogen and oxygen atoms in total. The molecule has 3 aromatic carbocycles. The van der Waals surface area contributed by atoms with Gasteiger partial charge in [0.2, 0.25) is 0 Å². The predicted molar refractivity (Wildman–Crippen MR) is 119 cm³/mol. The first-order valence-corrected chi connectivity index (χ1v) is 10.8. The number of sulfonamides is 1. The molecular weight excluding hydrogens is 424 g/mol. The highest BCUT2D eigenvalue weighted by molar-refractivity contribution is 7.92. The molecule has 0 unspecified atom stereocenters. The van der Waals surface area contributed by atoms with Crippen molar-refractivity contribution < 1.29 is 17.9 Å². The third kappa shape index (κ3) is 4.58. The van der Waals surface area contributed by atoms with E-state index >= 15 is 0 Å². The van der Waals surface area contributed by atoms with Gasteiger partial charge in [-0.15, -0.1) is 0 Å². The van der Waals surface area contributed by atoms with Crippen LogP contribution in [0.4, 0.5) is 11.4 Å². The van der Waals surface area contributed by atoms with Gasteiger partial charge in [0.1, 0.15) is 5.75 Å². The smallest absolute Gasteiger partial charge is 0.264 e. The molecule has 3 aromatic rings. The third-order valence-electron chi connectivity index (χ3n) is 4.59. The largest absolute Gasteiger partial charge is 0.497 e. The number of rotatable bonds is 6. The van der Waals surface area contributed by atoms with Crippen molar-refractivity contribution >= 4 is 38.9 Å². The molecule has 8 heteroatoms. The normalized spacial score (nSPS) is 11.1. The van der Waals surface area contributed by atoms with Crippen LogP contribution in [0.1, 0.15) is 15.9 Å². The summed E-state index contributed by atoms with van der Waals surface area (Å²) in [7, 11) is -0.749. The first kappa shape index (κ1) is 21.7. The Kier molecular flexibility index (Phi) is 6.34. The molecule has 30 heavy (non-hydrogen) atoms. The van der Waals surface area contributed by atoms with Gasteiger partial charge < -0.3 is 10.1 Å². The molecule has 1 amide bonds. The van der Waals surface area contributed by atoms with Crippen molar-refractivity contribution in [1.29, 1.82) is 0 Å². The van der Waals surface area contributed by atoms with E-state index in [2.05, 4.69) is 5.32 Å². The number of nitrogens with zero attached hydrogens (tertiary/aromatic N) is 1. The minimum atomic E-state index is -3.75. The molecule has 0 saturated heterocycles. The highest BCUT2D eigenvalue weighted by Crippen LogP contribution is 2.28. The van der Waals surface area contributed by atoms with Crippen molar-refractivity contribution in [3.05, 3.63) is 82.9 Å².